The minimum Gasteiger partial charge on any atom is -0.295 e. The molecule has 5 rings (SSSR count). The van der Waals surface area contributed by atoms with E-state index in [0.29, 0.717) is 0 Å². The molecule has 0 fully saturated rings. The number of hydrogen-bond donors (Lipinski definition) is 0. The molecular weight excluding hydrogens is 275 g/mol. The smallest absolute Gasteiger partial charge is 0.156 e. The largest absolute Gasteiger partial charge is 0.295 e. The molecule has 0 radical (unpaired) electrons. The van der Waals surface area contributed by atoms with E-state index in [4.69, 9.17) is 0 Å². The van der Waals surface area contributed by atoms with Gasteiger partial charge < -0.3 is 0 Å². The minimum absolute atomic E-state index is 0.145. The monoisotopic (exact) mass is 292 g/mol. The van der Waals surface area contributed by atoms with Gasteiger partial charge in [0, 0.05) is 11.8 Å². The molecule has 0 aliphatic heterocycles. The number of Topliss-reactive ketones (excluding diaryl/α,β-unsaturated/α-hetero) is 1. The summed E-state index contributed by atoms with van der Waals surface area (Å²) < 4.78 is 13.6. The number of hydrogen-bond acceptors (Lipinski definition) is 1. The fourth-order valence-corrected chi connectivity index (χ4v) is 4.13. The van der Waals surface area contributed by atoms with Crippen LogP contribution in [0.25, 0.3) is 0 Å². The van der Waals surface area contributed by atoms with Crippen molar-refractivity contribution in [1.82, 2.24) is 0 Å². The van der Waals surface area contributed by atoms with Gasteiger partial charge in [-0.25, -0.2) is 4.39 Å². The lowest BCUT2D eigenvalue weighted by molar-refractivity contribution is -0.114. The molecule has 0 spiro atoms. The van der Waals surface area contributed by atoms with Crippen molar-refractivity contribution in [3.63, 3.8) is 0 Å². The number of halogens is 1. The van der Waals surface area contributed by atoms with Crippen LogP contribution in [0.4, 0.5) is 4.39 Å². The van der Waals surface area contributed by atoms with Crippen LogP contribution < -0.4 is 0 Å². The molecule has 0 aromatic heterocycles. The quantitative estimate of drug-likeness (QED) is 0.783. The molecule has 2 heteroatoms. The number of carbonyl (C=O) groups is 1. The predicted molar refractivity (Wildman–Crippen MR) is 84.4 cm³/mol. The SMILES string of the molecule is CC(=O)C1=CC2c3ccccc3C1CC2c1cccc(F)c1. The normalized spacial score (nSPS) is 25.5. The van der Waals surface area contributed by atoms with Gasteiger partial charge in [0.2, 0.25) is 0 Å². The van der Waals surface area contributed by atoms with E-state index in [2.05, 4.69) is 18.2 Å². The molecule has 0 saturated carbocycles. The summed E-state index contributed by atoms with van der Waals surface area (Å²) in [6.45, 7) is 1.65. The van der Waals surface area contributed by atoms with Gasteiger partial charge in [0.15, 0.2) is 5.78 Å². The summed E-state index contributed by atoms with van der Waals surface area (Å²) in [4.78, 5) is 12.0. The average Bonchev–Trinajstić information content (AvgIpc) is 2.55. The zero-order valence-electron chi connectivity index (χ0n) is 12.4. The van der Waals surface area contributed by atoms with Gasteiger partial charge in [0.1, 0.15) is 5.82 Å². The van der Waals surface area contributed by atoms with Crippen molar-refractivity contribution in [2.75, 3.05) is 0 Å². The summed E-state index contributed by atoms with van der Waals surface area (Å²) in [5.41, 5.74) is 4.52. The zero-order valence-corrected chi connectivity index (χ0v) is 12.4. The molecule has 0 saturated heterocycles. The van der Waals surface area contributed by atoms with Crippen LogP contribution in [-0.2, 0) is 4.79 Å². The summed E-state index contributed by atoms with van der Waals surface area (Å²) in [7, 11) is 0. The van der Waals surface area contributed by atoms with Gasteiger partial charge >= 0.3 is 0 Å². The fourth-order valence-electron chi connectivity index (χ4n) is 4.13. The summed E-state index contributed by atoms with van der Waals surface area (Å²) >= 11 is 0. The van der Waals surface area contributed by atoms with Gasteiger partial charge in [-0.2, -0.15) is 0 Å². The highest BCUT2D eigenvalue weighted by molar-refractivity contribution is 5.96. The Kier molecular flexibility index (Phi) is 3.00. The maximum Gasteiger partial charge on any atom is 0.156 e. The molecule has 110 valence electrons. The van der Waals surface area contributed by atoms with Crippen LogP contribution in [0.5, 0.6) is 0 Å². The molecule has 2 bridgehead atoms. The third-order valence-corrected chi connectivity index (χ3v) is 5.07. The maximum atomic E-state index is 13.6. The van der Waals surface area contributed by atoms with Crippen molar-refractivity contribution in [3.8, 4) is 0 Å². The van der Waals surface area contributed by atoms with Crippen molar-refractivity contribution in [1.29, 1.82) is 0 Å². The first-order chi connectivity index (χ1) is 10.6. The van der Waals surface area contributed by atoms with Crippen molar-refractivity contribution in [3.05, 3.63) is 82.7 Å². The fraction of sp³-hybridized carbons (Fsp3) is 0.250. The van der Waals surface area contributed by atoms with E-state index in [0.717, 1.165) is 17.6 Å². The van der Waals surface area contributed by atoms with Crippen LogP contribution >= 0.6 is 0 Å². The lowest BCUT2D eigenvalue weighted by Crippen LogP contribution is -2.30. The molecule has 0 N–H and O–H groups in total. The number of ketones is 1. The highest BCUT2D eigenvalue weighted by atomic mass is 19.1. The number of fused-ring (bicyclic) bond motifs is 1. The van der Waals surface area contributed by atoms with E-state index in [1.807, 2.05) is 18.2 Å². The molecule has 3 atom stereocenters. The Balaban J connectivity index is 1.85. The summed E-state index contributed by atoms with van der Waals surface area (Å²) in [6, 6.07) is 15.2. The Morgan fingerprint density at radius 2 is 1.86 bits per heavy atom. The van der Waals surface area contributed by atoms with E-state index in [1.54, 1.807) is 19.1 Å². The van der Waals surface area contributed by atoms with Gasteiger partial charge in [-0.3, -0.25) is 4.79 Å². The first kappa shape index (κ1) is 13.4. The van der Waals surface area contributed by atoms with Crippen molar-refractivity contribution in [2.24, 2.45) is 0 Å². The molecule has 3 unspecified atom stereocenters. The van der Waals surface area contributed by atoms with Crippen molar-refractivity contribution >= 4 is 5.78 Å². The third-order valence-electron chi connectivity index (χ3n) is 5.07. The second-order valence-electron chi connectivity index (χ2n) is 6.28. The summed E-state index contributed by atoms with van der Waals surface area (Å²) in [6.07, 6.45) is 3.00. The molecule has 0 heterocycles. The van der Waals surface area contributed by atoms with E-state index in [-0.39, 0.29) is 29.4 Å². The number of carbonyl (C=O) groups excluding carboxylic acids is 1. The zero-order chi connectivity index (χ0) is 15.3. The average molecular weight is 292 g/mol. The minimum atomic E-state index is -0.192. The number of rotatable bonds is 2. The molecular formula is C20H17FO. The first-order valence-electron chi connectivity index (χ1n) is 7.72. The van der Waals surface area contributed by atoms with Gasteiger partial charge in [-0.1, -0.05) is 42.5 Å². The number of allylic oxidation sites excluding steroid dienone is 2. The molecule has 22 heavy (non-hydrogen) atoms. The van der Waals surface area contributed by atoms with Gasteiger partial charge in [0.05, 0.1) is 0 Å². The lowest BCUT2D eigenvalue weighted by atomic mass is 9.60. The Bertz CT molecular complexity index is 790. The van der Waals surface area contributed by atoms with Crippen molar-refractivity contribution < 1.29 is 9.18 Å². The molecule has 0 amide bonds. The highest BCUT2D eigenvalue weighted by Gasteiger charge is 2.41. The second kappa shape index (κ2) is 4.91. The molecule has 2 aromatic rings. The lowest BCUT2D eigenvalue weighted by Gasteiger charge is -2.43. The highest BCUT2D eigenvalue weighted by Crippen LogP contribution is 2.55. The first-order valence-corrected chi connectivity index (χ1v) is 7.72. The van der Waals surface area contributed by atoms with Crippen LogP contribution in [0, 0.1) is 5.82 Å². The molecule has 3 aliphatic carbocycles. The van der Waals surface area contributed by atoms with Crippen LogP contribution in [0.3, 0.4) is 0 Å². The molecule has 2 aromatic carbocycles. The van der Waals surface area contributed by atoms with Crippen molar-refractivity contribution in [2.45, 2.75) is 31.1 Å². The van der Waals surface area contributed by atoms with Crippen LogP contribution in [0.1, 0.15) is 47.8 Å². The third kappa shape index (κ3) is 1.94. The summed E-state index contributed by atoms with van der Waals surface area (Å²) in [5.74, 6) is 0.526. The van der Waals surface area contributed by atoms with Crippen LogP contribution in [0.15, 0.2) is 60.2 Å². The Hall–Kier alpha value is -2.22. The van der Waals surface area contributed by atoms with Crippen LogP contribution in [-0.4, -0.2) is 5.78 Å². The Morgan fingerprint density at radius 3 is 2.59 bits per heavy atom. The van der Waals surface area contributed by atoms with Gasteiger partial charge in [0.25, 0.3) is 0 Å². The summed E-state index contributed by atoms with van der Waals surface area (Å²) in [5, 5.41) is 0. The van der Waals surface area contributed by atoms with Crippen LogP contribution in [0.2, 0.25) is 0 Å². The second-order valence-corrected chi connectivity index (χ2v) is 6.28. The van der Waals surface area contributed by atoms with E-state index in [9.17, 15) is 9.18 Å². The Morgan fingerprint density at radius 1 is 1.09 bits per heavy atom. The number of benzene rings is 2. The molecule has 1 nitrogen and oxygen atoms in total. The van der Waals surface area contributed by atoms with E-state index in [1.165, 1.54) is 17.2 Å². The predicted octanol–water partition coefficient (Wildman–Crippen LogP) is 4.71. The standard InChI is InChI=1S/C20H17FO/c1-12(22)17-10-20-16-8-3-2-7-15(16)19(17)11-18(20)13-5-4-6-14(21)9-13/h2-10,18-20H,11H2,1H3. The maximum absolute atomic E-state index is 13.6. The van der Waals surface area contributed by atoms with E-state index >= 15 is 0 Å². The molecule has 3 aliphatic rings. The Labute approximate surface area is 129 Å². The van der Waals surface area contributed by atoms with Gasteiger partial charge in [-0.05, 0) is 53.7 Å². The van der Waals surface area contributed by atoms with E-state index < -0.39 is 0 Å². The topological polar surface area (TPSA) is 17.1 Å². The van der Waals surface area contributed by atoms with Gasteiger partial charge in [-0.15, -0.1) is 0 Å².